The Balaban J connectivity index is 3.06. The van der Waals surface area contributed by atoms with Crippen LogP contribution >= 0.6 is 0 Å². The Morgan fingerprint density at radius 3 is 2.17 bits per heavy atom. The molecule has 1 aromatic carbocycles. The lowest BCUT2D eigenvalue weighted by molar-refractivity contribution is -0.313. The van der Waals surface area contributed by atoms with Gasteiger partial charge in [-0.05, 0) is 24.8 Å². The van der Waals surface area contributed by atoms with Crippen molar-refractivity contribution in [1.82, 2.24) is 5.32 Å². The van der Waals surface area contributed by atoms with Gasteiger partial charge < -0.3 is 25.4 Å². The zero-order valence-electron chi connectivity index (χ0n) is 14.4. The summed E-state index contributed by atoms with van der Waals surface area (Å²) in [5, 5.41) is 32.8. The van der Waals surface area contributed by atoms with Crippen molar-refractivity contribution in [3.05, 3.63) is 35.9 Å². The number of aliphatic hydroxyl groups excluding tert-OH is 2. The molecule has 1 aromatic rings. The maximum absolute atomic E-state index is 12.4. The van der Waals surface area contributed by atoms with Crippen molar-refractivity contribution >= 4 is 11.9 Å². The van der Waals surface area contributed by atoms with Crippen molar-refractivity contribution in [2.24, 2.45) is 11.8 Å². The molecule has 1 rings (SSSR count). The lowest BCUT2D eigenvalue weighted by atomic mass is 9.76. The molecule has 6 nitrogen and oxygen atoms in total. The van der Waals surface area contributed by atoms with Gasteiger partial charge in [-0.25, -0.2) is 0 Å². The molecule has 134 valence electrons. The van der Waals surface area contributed by atoms with Crippen molar-refractivity contribution in [1.29, 1.82) is 0 Å². The van der Waals surface area contributed by atoms with Crippen LogP contribution in [-0.2, 0) is 9.59 Å². The first-order valence-electron chi connectivity index (χ1n) is 8.09. The Labute approximate surface area is 142 Å². The molecular weight excluding hydrogens is 310 g/mol. The first kappa shape index (κ1) is 20.1. The second-order valence-electron chi connectivity index (χ2n) is 6.43. The molecule has 1 amide bonds. The van der Waals surface area contributed by atoms with Crippen molar-refractivity contribution < 1.29 is 24.9 Å². The number of hydrogen-bond donors (Lipinski definition) is 3. The quantitative estimate of drug-likeness (QED) is 0.590. The highest BCUT2D eigenvalue weighted by Crippen LogP contribution is 2.33. The third-order valence-electron chi connectivity index (χ3n) is 4.45. The molecule has 0 saturated carbocycles. The van der Waals surface area contributed by atoms with Crippen molar-refractivity contribution in [3.63, 3.8) is 0 Å². The monoisotopic (exact) mass is 336 g/mol. The molecule has 3 N–H and O–H groups in total. The fourth-order valence-corrected chi connectivity index (χ4v) is 2.82. The number of benzene rings is 1. The summed E-state index contributed by atoms with van der Waals surface area (Å²) in [6.45, 7) is 3.97. The van der Waals surface area contributed by atoms with E-state index < -0.39 is 42.5 Å². The lowest BCUT2D eigenvalue weighted by Gasteiger charge is -2.34. The highest BCUT2D eigenvalue weighted by Gasteiger charge is 2.35. The molecule has 24 heavy (non-hydrogen) atoms. The molecule has 0 aliphatic rings. The zero-order valence-corrected chi connectivity index (χ0v) is 14.4. The smallest absolute Gasteiger partial charge is 0.224 e. The third-order valence-corrected chi connectivity index (χ3v) is 4.45. The summed E-state index contributed by atoms with van der Waals surface area (Å²) in [7, 11) is 0. The van der Waals surface area contributed by atoms with E-state index in [9.17, 15) is 24.9 Å². The molecule has 0 fully saturated rings. The fraction of sp³-hybridized carbons (Fsp3) is 0.556. The summed E-state index contributed by atoms with van der Waals surface area (Å²) in [6.07, 6.45) is 0.539. The van der Waals surface area contributed by atoms with Crippen LogP contribution in [-0.4, -0.2) is 40.8 Å². The van der Waals surface area contributed by atoms with E-state index in [0.29, 0.717) is 6.42 Å². The summed E-state index contributed by atoms with van der Waals surface area (Å²) in [6, 6.07) is 9.15. The number of carbonyl (C=O) groups excluding carboxylic acids is 2. The van der Waals surface area contributed by atoms with E-state index in [2.05, 4.69) is 5.32 Å². The van der Waals surface area contributed by atoms with Crippen LogP contribution in [0.25, 0.3) is 0 Å². The molecule has 0 aromatic heterocycles. The minimum absolute atomic E-state index is 0.369. The summed E-state index contributed by atoms with van der Waals surface area (Å²) < 4.78 is 0. The molecule has 3 atom stereocenters. The highest BCUT2D eigenvalue weighted by atomic mass is 16.4. The Morgan fingerprint density at radius 2 is 1.75 bits per heavy atom. The van der Waals surface area contributed by atoms with Crippen LogP contribution in [0.15, 0.2) is 30.3 Å². The van der Waals surface area contributed by atoms with Crippen molar-refractivity contribution in [3.8, 4) is 0 Å². The number of aliphatic hydroxyl groups is 2. The van der Waals surface area contributed by atoms with Crippen LogP contribution in [0.5, 0.6) is 0 Å². The lowest BCUT2D eigenvalue weighted by Crippen LogP contribution is -2.55. The number of rotatable bonds is 9. The van der Waals surface area contributed by atoms with Crippen molar-refractivity contribution in [2.75, 3.05) is 13.2 Å². The fourth-order valence-electron chi connectivity index (χ4n) is 2.82. The van der Waals surface area contributed by atoms with Gasteiger partial charge in [-0.2, -0.15) is 0 Å². The second kappa shape index (κ2) is 8.80. The Bertz CT molecular complexity index is 542. The van der Waals surface area contributed by atoms with E-state index >= 15 is 0 Å². The number of nitrogens with one attached hydrogen (secondary N) is 1. The van der Waals surface area contributed by atoms with Gasteiger partial charge in [0.2, 0.25) is 5.91 Å². The SMILES string of the molecule is CCC(c1ccccc1)C(C(=O)[O-])C(C)C(=O)NC(C)(CO)CO. The van der Waals surface area contributed by atoms with E-state index in [-0.39, 0.29) is 5.92 Å². The van der Waals surface area contributed by atoms with E-state index in [1.54, 1.807) is 0 Å². The summed E-state index contributed by atoms with van der Waals surface area (Å²) >= 11 is 0. The number of hydrogen-bond acceptors (Lipinski definition) is 5. The van der Waals surface area contributed by atoms with Crippen LogP contribution < -0.4 is 10.4 Å². The maximum Gasteiger partial charge on any atom is 0.224 e. The molecule has 0 saturated heterocycles. The third kappa shape index (κ3) is 4.79. The van der Waals surface area contributed by atoms with Crippen molar-refractivity contribution in [2.45, 2.75) is 38.6 Å². The van der Waals surface area contributed by atoms with E-state index in [1.807, 2.05) is 37.3 Å². The van der Waals surface area contributed by atoms with Crippen LogP contribution in [0.3, 0.4) is 0 Å². The van der Waals surface area contributed by atoms with Gasteiger partial charge in [0, 0.05) is 17.8 Å². The predicted molar refractivity (Wildman–Crippen MR) is 87.9 cm³/mol. The van der Waals surface area contributed by atoms with Gasteiger partial charge in [0.15, 0.2) is 0 Å². The maximum atomic E-state index is 12.4. The number of aliphatic carboxylic acids is 1. The molecule has 0 aliphatic heterocycles. The minimum atomic E-state index is -1.29. The van der Waals surface area contributed by atoms with Gasteiger partial charge in [0.25, 0.3) is 0 Å². The van der Waals surface area contributed by atoms with Gasteiger partial charge in [-0.15, -0.1) is 0 Å². The van der Waals surface area contributed by atoms with Crippen LogP contribution in [0.2, 0.25) is 0 Å². The number of carboxylic acid groups (broad SMARTS) is 1. The normalized spacial score (nSPS) is 15.4. The Kier molecular flexibility index (Phi) is 7.38. The molecular formula is C18H26NO5-. The number of amides is 1. The van der Waals surface area contributed by atoms with Gasteiger partial charge >= 0.3 is 0 Å². The van der Waals surface area contributed by atoms with E-state index in [0.717, 1.165) is 5.56 Å². The summed E-state index contributed by atoms with van der Waals surface area (Å²) in [5.41, 5.74) is -0.364. The molecule has 0 spiro atoms. The van der Waals surface area contributed by atoms with Gasteiger partial charge in [-0.3, -0.25) is 4.79 Å². The topological polar surface area (TPSA) is 110 Å². The summed E-state index contributed by atoms with van der Waals surface area (Å²) in [4.78, 5) is 24.2. The average molecular weight is 336 g/mol. The summed E-state index contributed by atoms with van der Waals surface area (Å²) in [5.74, 6) is -4.09. The first-order valence-corrected chi connectivity index (χ1v) is 8.09. The van der Waals surface area contributed by atoms with E-state index in [1.165, 1.54) is 13.8 Å². The van der Waals surface area contributed by atoms with Crippen LogP contribution in [0, 0.1) is 11.8 Å². The van der Waals surface area contributed by atoms with Crippen LogP contribution in [0.1, 0.15) is 38.7 Å². The predicted octanol–water partition coefficient (Wildman–Crippen LogP) is 0.0419. The van der Waals surface area contributed by atoms with Crippen LogP contribution in [0.4, 0.5) is 0 Å². The van der Waals surface area contributed by atoms with E-state index in [4.69, 9.17) is 0 Å². The molecule has 0 radical (unpaired) electrons. The highest BCUT2D eigenvalue weighted by molar-refractivity contribution is 5.85. The zero-order chi connectivity index (χ0) is 18.3. The number of carbonyl (C=O) groups is 2. The minimum Gasteiger partial charge on any atom is -0.550 e. The standard InChI is InChI=1S/C18H27NO5/c1-4-14(13-8-6-5-7-9-13)15(17(23)24)12(2)16(22)19-18(3,10-20)11-21/h5-9,12,14-15,20-21H,4,10-11H2,1-3H3,(H,19,22)(H,23,24)/p-1. The molecule has 0 bridgehead atoms. The van der Waals surface area contributed by atoms with Gasteiger partial charge in [0.1, 0.15) is 0 Å². The molecule has 6 heteroatoms. The Hall–Kier alpha value is -1.92. The Morgan fingerprint density at radius 1 is 1.21 bits per heavy atom. The average Bonchev–Trinajstić information content (AvgIpc) is 2.59. The number of carboxylic acids is 1. The first-order chi connectivity index (χ1) is 11.3. The molecule has 0 aliphatic carbocycles. The second-order valence-corrected chi connectivity index (χ2v) is 6.43. The molecule has 0 heterocycles. The molecule has 3 unspecified atom stereocenters. The van der Waals surface area contributed by atoms with Gasteiger partial charge in [-0.1, -0.05) is 44.2 Å². The van der Waals surface area contributed by atoms with Gasteiger partial charge in [0.05, 0.1) is 18.8 Å². The largest absolute Gasteiger partial charge is 0.550 e.